The van der Waals surface area contributed by atoms with Crippen LogP contribution in [0.1, 0.15) is 18.4 Å². The van der Waals surface area contributed by atoms with Crippen molar-refractivity contribution >= 4 is 5.91 Å². The third kappa shape index (κ3) is 5.89. The molecule has 2 aromatic carbocycles. The Morgan fingerprint density at radius 1 is 1.00 bits per heavy atom. The molecule has 160 valence electrons. The summed E-state index contributed by atoms with van der Waals surface area (Å²) < 4.78 is 1.24. The number of piperidine rings is 1. The first-order chi connectivity index (χ1) is 15.2. The second-order valence-electron chi connectivity index (χ2n) is 8.11. The summed E-state index contributed by atoms with van der Waals surface area (Å²) in [6.07, 6.45) is 2.24. The predicted octanol–water partition coefficient (Wildman–Crippen LogP) is 2.94. The van der Waals surface area contributed by atoms with Crippen LogP contribution in [0.2, 0.25) is 0 Å². The van der Waals surface area contributed by atoms with Crippen molar-refractivity contribution in [1.82, 2.24) is 20.0 Å². The van der Waals surface area contributed by atoms with Crippen molar-refractivity contribution in [2.75, 3.05) is 19.6 Å². The summed E-state index contributed by atoms with van der Waals surface area (Å²) in [5, 5.41) is 7.38. The Morgan fingerprint density at radius 2 is 1.74 bits per heavy atom. The van der Waals surface area contributed by atoms with Crippen LogP contribution < -0.4 is 10.9 Å². The molecule has 1 aromatic heterocycles. The summed E-state index contributed by atoms with van der Waals surface area (Å²) in [6, 6.07) is 23.3. The van der Waals surface area contributed by atoms with E-state index in [-0.39, 0.29) is 18.0 Å². The molecule has 2 heterocycles. The second-order valence-corrected chi connectivity index (χ2v) is 8.11. The fourth-order valence-electron chi connectivity index (χ4n) is 4.08. The zero-order valence-corrected chi connectivity index (χ0v) is 17.6. The van der Waals surface area contributed by atoms with Gasteiger partial charge >= 0.3 is 0 Å². The molecule has 0 saturated carbocycles. The van der Waals surface area contributed by atoms with E-state index in [0.717, 1.165) is 38.0 Å². The zero-order chi connectivity index (χ0) is 21.5. The van der Waals surface area contributed by atoms with Gasteiger partial charge in [0.05, 0.1) is 5.69 Å². The van der Waals surface area contributed by atoms with Crippen LogP contribution in [0.5, 0.6) is 0 Å². The molecule has 1 aliphatic rings. The third-order valence-corrected chi connectivity index (χ3v) is 5.67. The minimum absolute atomic E-state index is 0.0695. The zero-order valence-electron chi connectivity index (χ0n) is 17.6. The van der Waals surface area contributed by atoms with Crippen LogP contribution >= 0.6 is 0 Å². The number of carbonyl (C=O) groups excluding carboxylic acids is 1. The van der Waals surface area contributed by atoms with E-state index in [0.29, 0.717) is 18.2 Å². The number of likely N-dealkylation sites (tertiary alicyclic amines) is 1. The van der Waals surface area contributed by atoms with Gasteiger partial charge in [-0.05, 0) is 36.9 Å². The number of amides is 1. The normalized spacial score (nSPS) is 16.7. The number of carbonyl (C=O) groups is 1. The highest BCUT2D eigenvalue weighted by Gasteiger charge is 2.20. The van der Waals surface area contributed by atoms with E-state index in [1.165, 1.54) is 16.3 Å². The average molecular weight is 417 g/mol. The van der Waals surface area contributed by atoms with Gasteiger partial charge in [-0.25, -0.2) is 4.68 Å². The number of benzene rings is 2. The third-order valence-electron chi connectivity index (χ3n) is 5.67. The van der Waals surface area contributed by atoms with Crippen LogP contribution in [0, 0.1) is 5.92 Å². The van der Waals surface area contributed by atoms with Crippen molar-refractivity contribution in [2.45, 2.75) is 25.9 Å². The fourth-order valence-corrected chi connectivity index (χ4v) is 4.08. The Hall–Kier alpha value is -3.25. The summed E-state index contributed by atoms with van der Waals surface area (Å²) in [5.74, 6) is 0.238. The maximum atomic E-state index is 12.5. The number of rotatable bonds is 7. The molecule has 1 saturated heterocycles. The van der Waals surface area contributed by atoms with Gasteiger partial charge in [0.25, 0.3) is 5.56 Å². The van der Waals surface area contributed by atoms with Crippen molar-refractivity contribution in [3.8, 4) is 11.3 Å². The van der Waals surface area contributed by atoms with Gasteiger partial charge in [0.2, 0.25) is 5.91 Å². The van der Waals surface area contributed by atoms with E-state index in [1.807, 2.05) is 36.4 Å². The first kappa shape index (κ1) is 21.0. The topological polar surface area (TPSA) is 67.2 Å². The van der Waals surface area contributed by atoms with Crippen molar-refractivity contribution in [3.05, 3.63) is 88.7 Å². The maximum Gasteiger partial charge on any atom is 0.267 e. The van der Waals surface area contributed by atoms with Crippen LogP contribution in [0.15, 0.2) is 77.6 Å². The van der Waals surface area contributed by atoms with Crippen LogP contribution in [0.4, 0.5) is 0 Å². The van der Waals surface area contributed by atoms with Gasteiger partial charge < -0.3 is 5.32 Å². The quantitative estimate of drug-likeness (QED) is 0.643. The smallest absolute Gasteiger partial charge is 0.267 e. The number of hydrogen-bond donors (Lipinski definition) is 1. The molecular formula is C25H28N4O2. The Balaban J connectivity index is 1.30. The molecule has 1 N–H and O–H groups in total. The molecule has 31 heavy (non-hydrogen) atoms. The van der Waals surface area contributed by atoms with E-state index in [1.54, 1.807) is 6.07 Å². The predicted molar refractivity (Wildman–Crippen MR) is 121 cm³/mol. The molecule has 4 rings (SSSR count). The molecule has 0 aliphatic carbocycles. The lowest BCUT2D eigenvalue weighted by molar-refractivity contribution is -0.122. The number of aromatic nitrogens is 2. The Labute approximate surface area is 182 Å². The minimum atomic E-state index is -0.276. The van der Waals surface area contributed by atoms with Crippen molar-refractivity contribution in [1.29, 1.82) is 0 Å². The lowest BCUT2D eigenvalue weighted by Crippen LogP contribution is -2.42. The van der Waals surface area contributed by atoms with Gasteiger partial charge in [0.1, 0.15) is 6.54 Å². The molecule has 6 heteroatoms. The fraction of sp³-hybridized carbons (Fsp3) is 0.320. The monoisotopic (exact) mass is 416 g/mol. The minimum Gasteiger partial charge on any atom is -0.354 e. The largest absolute Gasteiger partial charge is 0.354 e. The Kier molecular flexibility index (Phi) is 6.89. The van der Waals surface area contributed by atoms with Crippen LogP contribution in [0.25, 0.3) is 11.3 Å². The maximum absolute atomic E-state index is 12.5. The number of hydrogen-bond acceptors (Lipinski definition) is 4. The lowest BCUT2D eigenvalue weighted by atomic mass is 9.97. The second kappa shape index (κ2) is 10.2. The summed E-state index contributed by atoms with van der Waals surface area (Å²) in [4.78, 5) is 27.1. The molecule has 1 fully saturated rings. The molecular weight excluding hydrogens is 388 g/mol. The number of nitrogens with zero attached hydrogens (tertiary/aromatic N) is 3. The average Bonchev–Trinajstić information content (AvgIpc) is 2.81. The standard InChI is InChI=1S/C25H28N4O2/c30-24(19-29-25(31)14-13-23(27-29)22-11-5-2-6-12-22)26-16-21-10-7-15-28(18-21)17-20-8-3-1-4-9-20/h1-6,8-9,11-14,21H,7,10,15-19H2,(H,26,30). The molecule has 3 aromatic rings. The molecule has 0 bridgehead atoms. The SMILES string of the molecule is O=C(Cn1nc(-c2ccccc2)ccc1=O)NCC1CCCN(Cc2ccccc2)C1. The van der Waals surface area contributed by atoms with Crippen molar-refractivity contribution < 1.29 is 4.79 Å². The lowest BCUT2D eigenvalue weighted by Gasteiger charge is -2.32. The molecule has 1 unspecified atom stereocenters. The summed E-state index contributed by atoms with van der Waals surface area (Å²) in [7, 11) is 0. The van der Waals surface area contributed by atoms with Crippen LogP contribution in [0.3, 0.4) is 0 Å². The van der Waals surface area contributed by atoms with E-state index < -0.39 is 0 Å². The molecule has 0 radical (unpaired) electrons. The van der Waals surface area contributed by atoms with E-state index in [2.05, 4.69) is 39.6 Å². The van der Waals surface area contributed by atoms with Crippen LogP contribution in [-0.2, 0) is 17.9 Å². The molecule has 1 aliphatic heterocycles. The first-order valence-corrected chi connectivity index (χ1v) is 10.8. The summed E-state index contributed by atoms with van der Waals surface area (Å²) in [5.41, 5.74) is 2.63. The van der Waals surface area contributed by atoms with Gasteiger partial charge in [-0.1, -0.05) is 60.7 Å². The van der Waals surface area contributed by atoms with E-state index in [9.17, 15) is 9.59 Å². The summed E-state index contributed by atoms with van der Waals surface area (Å²) in [6.45, 7) is 3.55. The van der Waals surface area contributed by atoms with Gasteiger partial charge in [0, 0.05) is 31.3 Å². The van der Waals surface area contributed by atoms with Crippen molar-refractivity contribution in [3.63, 3.8) is 0 Å². The molecule has 0 spiro atoms. The summed E-state index contributed by atoms with van der Waals surface area (Å²) >= 11 is 0. The Morgan fingerprint density at radius 3 is 2.52 bits per heavy atom. The highest BCUT2D eigenvalue weighted by atomic mass is 16.2. The Bertz CT molecular complexity index is 1050. The molecule has 6 nitrogen and oxygen atoms in total. The number of nitrogens with one attached hydrogen (secondary N) is 1. The molecule has 1 atom stereocenters. The van der Waals surface area contributed by atoms with E-state index >= 15 is 0 Å². The first-order valence-electron chi connectivity index (χ1n) is 10.8. The van der Waals surface area contributed by atoms with Gasteiger partial charge in [0.15, 0.2) is 0 Å². The highest BCUT2D eigenvalue weighted by molar-refractivity contribution is 5.75. The van der Waals surface area contributed by atoms with Gasteiger partial charge in [-0.15, -0.1) is 0 Å². The van der Waals surface area contributed by atoms with Crippen molar-refractivity contribution in [2.24, 2.45) is 5.92 Å². The molecule has 1 amide bonds. The van der Waals surface area contributed by atoms with Gasteiger partial charge in [-0.2, -0.15) is 5.10 Å². The van der Waals surface area contributed by atoms with Gasteiger partial charge in [-0.3, -0.25) is 14.5 Å². The van der Waals surface area contributed by atoms with E-state index in [4.69, 9.17) is 0 Å². The van der Waals surface area contributed by atoms with Crippen LogP contribution in [-0.4, -0.2) is 40.2 Å². The highest BCUT2D eigenvalue weighted by Crippen LogP contribution is 2.18.